The molecule has 0 spiro atoms. The van der Waals surface area contributed by atoms with Crippen molar-refractivity contribution in [2.24, 2.45) is 17.8 Å². The van der Waals surface area contributed by atoms with Gasteiger partial charge in [0.1, 0.15) is 6.10 Å². The quantitative estimate of drug-likeness (QED) is 0.282. The smallest absolute Gasteiger partial charge is 0.330 e. The lowest BCUT2D eigenvalue weighted by Crippen LogP contribution is -2.30. The largest absolute Gasteiger partial charge is 0.463 e. The summed E-state index contributed by atoms with van der Waals surface area (Å²) in [6, 6.07) is 0. The molecule has 0 atom stereocenters. The van der Waals surface area contributed by atoms with Crippen LogP contribution < -0.4 is 0 Å². The van der Waals surface area contributed by atoms with Gasteiger partial charge in [0.05, 0.1) is 12.5 Å². The Labute approximate surface area is 165 Å². The van der Waals surface area contributed by atoms with Crippen molar-refractivity contribution in [3.05, 3.63) is 12.7 Å². The standard InChI is InChI=1S/C23H38O4/c1-3-7-18-11-15-21(16-12-18)27-23(25)20-13-9-19(10-14-20)8-5-6-17-26-22(24)4-2/h4,18-21H,2-3,5-17H2,1H3. The van der Waals surface area contributed by atoms with E-state index in [1.54, 1.807) is 0 Å². The Hall–Kier alpha value is -1.32. The second-order valence-corrected chi connectivity index (χ2v) is 8.45. The fourth-order valence-corrected chi connectivity index (χ4v) is 4.66. The predicted octanol–water partition coefficient (Wildman–Crippen LogP) is 5.59. The van der Waals surface area contributed by atoms with Gasteiger partial charge in [-0.2, -0.15) is 0 Å². The minimum absolute atomic E-state index is 0.0590. The molecule has 0 bridgehead atoms. The zero-order valence-electron chi connectivity index (χ0n) is 17.1. The van der Waals surface area contributed by atoms with Gasteiger partial charge < -0.3 is 9.47 Å². The maximum atomic E-state index is 12.5. The first-order valence-corrected chi connectivity index (χ1v) is 11.1. The first-order valence-electron chi connectivity index (χ1n) is 11.1. The van der Waals surface area contributed by atoms with Gasteiger partial charge in [0.2, 0.25) is 0 Å². The lowest BCUT2D eigenvalue weighted by Gasteiger charge is -2.31. The molecule has 0 saturated heterocycles. The van der Waals surface area contributed by atoms with Gasteiger partial charge in [-0.05, 0) is 76.0 Å². The minimum atomic E-state index is -0.340. The minimum Gasteiger partial charge on any atom is -0.463 e. The number of hydrogen-bond donors (Lipinski definition) is 0. The van der Waals surface area contributed by atoms with Crippen molar-refractivity contribution in [3.63, 3.8) is 0 Å². The number of carbonyl (C=O) groups excluding carboxylic acids is 2. The molecule has 2 saturated carbocycles. The molecule has 0 aromatic carbocycles. The van der Waals surface area contributed by atoms with Crippen LogP contribution >= 0.6 is 0 Å². The summed E-state index contributed by atoms with van der Waals surface area (Å²) in [6.45, 7) is 6.12. The summed E-state index contributed by atoms with van der Waals surface area (Å²) in [5, 5.41) is 0. The van der Waals surface area contributed by atoms with Gasteiger partial charge in [0.15, 0.2) is 0 Å². The zero-order valence-corrected chi connectivity index (χ0v) is 17.1. The van der Waals surface area contributed by atoms with E-state index in [0.29, 0.717) is 12.5 Å². The number of hydrogen-bond acceptors (Lipinski definition) is 4. The van der Waals surface area contributed by atoms with E-state index in [1.165, 1.54) is 31.8 Å². The molecule has 0 aromatic rings. The number of rotatable bonds is 10. The van der Waals surface area contributed by atoms with Gasteiger partial charge in [-0.1, -0.05) is 32.8 Å². The van der Waals surface area contributed by atoms with Crippen LogP contribution in [0.4, 0.5) is 0 Å². The van der Waals surface area contributed by atoms with E-state index < -0.39 is 0 Å². The van der Waals surface area contributed by atoms with Crippen LogP contribution in [0.5, 0.6) is 0 Å². The van der Waals surface area contributed by atoms with Gasteiger partial charge in [0, 0.05) is 6.08 Å². The number of ether oxygens (including phenoxy) is 2. The van der Waals surface area contributed by atoms with Crippen LogP contribution in [0.25, 0.3) is 0 Å². The van der Waals surface area contributed by atoms with Crippen LogP contribution in [-0.4, -0.2) is 24.6 Å². The highest BCUT2D eigenvalue weighted by Gasteiger charge is 2.30. The van der Waals surface area contributed by atoms with Gasteiger partial charge in [-0.25, -0.2) is 4.79 Å². The van der Waals surface area contributed by atoms with E-state index in [1.807, 2.05) is 0 Å². The second-order valence-electron chi connectivity index (χ2n) is 8.45. The van der Waals surface area contributed by atoms with Crippen molar-refractivity contribution >= 4 is 11.9 Å². The monoisotopic (exact) mass is 378 g/mol. The van der Waals surface area contributed by atoms with E-state index in [2.05, 4.69) is 13.5 Å². The summed E-state index contributed by atoms with van der Waals surface area (Å²) in [7, 11) is 0. The average Bonchev–Trinajstić information content (AvgIpc) is 2.69. The van der Waals surface area contributed by atoms with Crippen LogP contribution in [0.2, 0.25) is 0 Å². The summed E-state index contributed by atoms with van der Waals surface area (Å²) < 4.78 is 10.8. The molecule has 4 nitrogen and oxygen atoms in total. The summed E-state index contributed by atoms with van der Waals surface area (Å²) in [6.07, 6.45) is 15.8. The van der Waals surface area contributed by atoms with Crippen LogP contribution in [0.15, 0.2) is 12.7 Å². The Morgan fingerprint density at radius 1 is 0.926 bits per heavy atom. The number of carbonyl (C=O) groups is 2. The lowest BCUT2D eigenvalue weighted by atomic mass is 9.79. The topological polar surface area (TPSA) is 52.6 Å². The Kier molecular flexibility index (Phi) is 9.93. The van der Waals surface area contributed by atoms with Gasteiger partial charge in [-0.3, -0.25) is 4.79 Å². The summed E-state index contributed by atoms with van der Waals surface area (Å²) in [5.74, 6) is 1.38. The van der Waals surface area contributed by atoms with E-state index >= 15 is 0 Å². The molecule has 0 amide bonds. The Morgan fingerprint density at radius 3 is 2.19 bits per heavy atom. The molecular formula is C23H38O4. The molecule has 2 rings (SSSR count). The molecule has 2 aliphatic carbocycles. The molecule has 154 valence electrons. The van der Waals surface area contributed by atoms with Crippen LogP contribution in [0, 0.1) is 17.8 Å². The number of unbranched alkanes of at least 4 members (excludes halogenated alkanes) is 1. The maximum absolute atomic E-state index is 12.5. The SMILES string of the molecule is C=CC(=O)OCCCCC1CCC(C(=O)OC2CCC(CCC)CC2)CC1. The van der Waals surface area contributed by atoms with Crippen LogP contribution in [0.1, 0.15) is 90.4 Å². The van der Waals surface area contributed by atoms with Gasteiger partial charge in [-0.15, -0.1) is 0 Å². The highest BCUT2D eigenvalue weighted by Crippen LogP contribution is 2.34. The molecule has 0 aliphatic heterocycles. The Balaban J connectivity index is 1.55. The fourth-order valence-electron chi connectivity index (χ4n) is 4.66. The molecule has 2 aliphatic rings. The van der Waals surface area contributed by atoms with Crippen molar-refractivity contribution in [3.8, 4) is 0 Å². The van der Waals surface area contributed by atoms with E-state index in [0.717, 1.165) is 63.7 Å². The maximum Gasteiger partial charge on any atom is 0.330 e. The Morgan fingerprint density at radius 2 is 1.56 bits per heavy atom. The molecule has 27 heavy (non-hydrogen) atoms. The molecular weight excluding hydrogens is 340 g/mol. The fraction of sp³-hybridized carbons (Fsp3) is 0.826. The van der Waals surface area contributed by atoms with Crippen molar-refractivity contribution in [1.29, 1.82) is 0 Å². The average molecular weight is 379 g/mol. The van der Waals surface area contributed by atoms with Crippen molar-refractivity contribution in [2.45, 2.75) is 96.5 Å². The second kappa shape index (κ2) is 12.2. The normalized spacial score (nSPS) is 28.3. The molecule has 0 N–H and O–H groups in total. The van der Waals surface area contributed by atoms with Gasteiger partial charge in [0.25, 0.3) is 0 Å². The molecule has 0 unspecified atom stereocenters. The van der Waals surface area contributed by atoms with E-state index in [9.17, 15) is 9.59 Å². The van der Waals surface area contributed by atoms with Crippen molar-refractivity contribution in [2.75, 3.05) is 6.61 Å². The first-order chi connectivity index (χ1) is 13.1. The van der Waals surface area contributed by atoms with E-state index in [4.69, 9.17) is 9.47 Å². The number of esters is 2. The summed E-state index contributed by atoms with van der Waals surface area (Å²) >= 11 is 0. The van der Waals surface area contributed by atoms with Crippen LogP contribution in [-0.2, 0) is 19.1 Å². The first kappa shape index (κ1) is 22.0. The third-order valence-corrected chi connectivity index (χ3v) is 6.37. The van der Waals surface area contributed by atoms with Crippen molar-refractivity contribution in [1.82, 2.24) is 0 Å². The summed E-state index contributed by atoms with van der Waals surface area (Å²) in [4.78, 5) is 23.5. The van der Waals surface area contributed by atoms with E-state index in [-0.39, 0.29) is 24.0 Å². The molecule has 2 fully saturated rings. The molecule has 4 heteroatoms. The highest BCUT2D eigenvalue weighted by molar-refractivity contribution is 5.81. The van der Waals surface area contributed by atoms with Crippen LogP contribution in [0.3, 0.4) is 0 Å². The third kappa shape index (κ3) is 8.06. The third-order valence-electron chi connectivity index (χ3n) is 6.37. The van der Waals surface area contributed by atoms with Crippen molar-refractivity contribution < 1.29 is 19.1 Å². The predicted molar refractivity (Wildman–Crippen MR) is 107 cm³/mol. The molecule has 0 aromatic heterocycles. The zero-order chi connectivity index (χ0) is 19.5. The molecule has 0 heterocycles. The van der Waals surface area contributed by atoms with Gasteiger partial charge >= 0.3 is 11.9 Å². The molecule has 0 radical (unpaired) electrons. The highest BCUT2D eigenvalue weighted by atomic mass is 16.5. The Bertz CT molecular complexity index is 457. The summed E-state index contributed by atoms with van der Waals surface area (Å²) in [5.41, 5.74) is 0. The lowest BCUT2D eigenvalue weighted by molar-refractivity contribution is -0.157.